The van der Waals surface area contributed by atoms with Crippen LogP contribution in [0, 0.1) is 0 Å². The molecule has 9 nitrogen and oxygen atoms in total. The minimum absolute atomic E-state index is 0.267. The fraction of sp³-hybridized carbons (Fsp3) is 0. The van der Waals surface area contributed by atoms with Gasteiger partial charge in [0.05, 0.1) is 0 Å². The summed E-state index contributed by atoms with van der Waals surface area (Å²) in [5.41, 5.74) is 0. The molecule has 0 rings (SSSR count). The van der Waals surface area contributed by atoms with E-state index in [1.54, 1.807) is 0 Å². The maximum Gasteiger partial charge on any atom is 0.439 e. The van der Waals surface area contributed by atoms with Crippen LogP contribution in [0.15, 0.2) is 0 Å². The second-order valence-corrected chi connectivity index (χ2v) is 1.25. The third-order valence-electron chi connectivity index (χ3n) is 0.689. The molecule has 0 spiro atoms. The molecule has 0 bridgehead atoms. The van der Waals surface area contributed by atoms with Gasteiger partial charge in [0.1, 0.15) is 0 Å². The zero-order valence-corrected chi connectivity index (χ0v) is 6.02. The molecule has 0 heterocycles. The molecular formula is C4H4NO8+. The lowest BCUT2D eigenvalue weighted by atomic mass is 11.5. The number of nitrogens with zero attached hydrogens (tertiary/aromatic N) is 1. The van der Waals surface area contributed by atoms with E-state index in [0.717, 1.165) is 0 Å². The van der Waals surface area contributed by atoms with Crippen LogP contribution in [0.3, 0.4) is 0 Å². The van der Waals surface area contributed by atoms with Gasteiger partial charge in [-0.2, -0.15) is 0 Å². The van der Waals surface area contributed by atoms with Crippen molar-refractivity contribution in [2.24, 2.45) is 0 Å². The Morgan fingerprint density at radius 3 is 1.00 bits per heavy atom. The molecule has 0 saturated carbocycles. The lowest BCUT2D eigenvalue weighted by Crippen LogP contribution is -2.46. The van der Waals surface area contributed by atoms with Gasteiger partial charge in [0.15, 0.2) is 0 Å². The molecule has 0 aliphatic heterocycles. The minimum atomic E-state index is -2.10. The first-order chi connectivity index (χ1) is 6.24. The molecule has 0 unspecified atom stereocenters. The summed E-state index contributed by atoms with van der Waals surface area (Å²) in [6.45, 7) is -1.07. The van der Waals surface area contributed by atoms with Crippen LogP contribution >= 0.6 is 0 Å². The molecule has 0 N–H and O–H groups in total. The Kier molecular flexibility index (Phi) is 4.57. The fourth-order valence-corrected chi connectivity index (χ4v) is 0.360. The van der Waals surface area contributed by atoms with E-state index in [-0.39, 0.29) is 25.9 Å². The lowest BCUT2D eigenvalue weighted by molar-refractivity contribution is -1.44. The maximum atomic E-state index is 9.82. The number of quaternary nitrogens is 1. The van der Waals surface area contributed by atoms with Crippen molar-refractivity contribution in [1.29, 1.82) is 0 Å². The van der Waals surface area contributed by atoms with Gasteiger partial charge in [-0.1, -0.05) is 0 Å². The first-order valence-corrected chi connectivity index (χ1v) is 2.62. The van der Waals surface area contributed by atoms with Crippen LogP contribution in [0.1, 0.15) is 0 Å². The Morgan fingerprint density at radius 2 is 0.846 bits per heavy atom. The van der Waals surface area contributed by atoms with Crippen molar-refractivity contribution in [3.05, 3.63) is 0 Å². The van der Waals surface area contributed by atoms with Gasteiger partial charge in [-0.25, -0.2) is 19.2 Å². The predicted octanol–water partition coefficient (Wildman–Crippen LogP) is -1.84. The average Bonchev–Trinajstić information content (AvgIpc) is 2.06. The molecule has 0 radical (unpaired) electrons. The highest BCUT2D eigenvalue weighted by atomic mass is 17.4. The van der Waals surface area contributed by atoms with E-state index in [9.17, 15) is 19.2 Å². The number of hydrogen-bond donors (Lipinski definition) is 0. The molecule has 0 aliphatic carbocycles. The van der Waals surface area contributed by atoms with E-state index in [1.165, 1.54) is 0 Å². The molecule has 0 aromatic heterocycles. The Labute approximate surface area is 70.7 Å². The third-order valence-corrected chi connectivity index (χ3v) is 0.689. The van der Waals surface area contributed by atoms with Gasteiger partial charge in [0.2, 0.25) is 0 Å². The summed E-state index contributed by atoms with van der Waals surface area (Å²) in [5, 5.41) is -2.10. The van der Waals surface area contributed by atoms with E-state index in [2.05, 4.69) is 19.4 Å². The Bertz CT molecular complexity index is 157. The smallest absolute Gasteiger partial charge is 0.248 e. The molecule has 0 fully saturated rings. The lowest BCUT2D eigenvalue weighted by Gasteiger charge is -2.14. The molecule has 9 heteroatoms. The first-order valence-electron chi connectivity index (χ1n) is 2.62. The largest absolute Gasteiger partial charge is 0.439 e. The predicted molar refractivity (Wildman–Crippen MR) is 28.9 cm³/mol. The summed E-state index contributed by atoms with van der Waals surface area (Å²) in [6, 6.07) is 0. The van der Waals surface area contributed by atoms with Crippen LogP contribution in [0.5, 0.6) is 0 Å². The van der Waals surface area contributed by atoms with Crippen molar-refractivity contribution < 1.29 is 43.7 Å². The van der Waals surface area contributed by atoms with E-state index in [4.69, 9.17) is 0 Å². The number of rotatable bonds is 8. The molecule has 72 valence electrons. The monoisotopic (exact) mass is 194 g/mol. The Morgan fingerprint density at radius 1 is 0.615 bits per heavy atom. The highest BCUT2D eigenvalue weighted by Crippen LogP contribution is 2.07. The van der Waals surface area contributed by atoms with E-state index in [1.807, 2.05) is 0 Å². The van der Waals surface area contributed by atoms with Crippen molar-refractivity contribution in [3.63, 3.8) is 0 Å². The number of carbonyl (C=O) groups excluding carboxylic acids is 4. The van der Waals surface area contributed by atoms with Gasteiger partial charge in [0, 0.05) is 0 Å². The van der Waals surface area contributed by atoms with Crippen molar-refractivity contribution >= 4 is 25.9 Å². The summed E-state index contributed by atoms with van der Waals surface area (Å²) in [6.07, 6.45) is 0. The summed E-state index contributed by atoms with van der Waals surface area (Å²) in [4.78, 5) is 54.7. The topological polar surface area (TPSA) is 105 Å². The summed E-state index contributed by atoms with van der Waals surface area (Å²) < 4.78 is 0. The van der Waals surface area contributed by atoms with Gasteiger partial charge >= 0.3 is 31.0 Å². The highest BCUT2D eigenvalue weighted by molar-refractivity contribution is 5.39. The highest BCUT2D eigenvalue weighted by Gasteiger charge is 2.42. The van der Waals surface area contributed by atoms with Crippen molar-refractivity contribution in [1.82, 2.24) is 0 Å². The summed E-state index contributed by atoms with van der Waals surface area (Å²) >= 11 is 0. The van der Waals surface area contributed by atoms with E-state index in [0.29, 0.717) is 0 Å². The van der Waals surface area contributed by atoms with Crippen LogP contribution in [-0.4, -0.2) is 31.0 Å². The first kappa shape index (κ1) is 10.8. The van der Waals surface area contributed by atoms with Crippen LogP contribution in [0.4, 0.5) is 0 Å². The standard InChI is InChI=1S/C4H4NO8/c6-1-10-5(11-2-7,12-3-8)13-4-9/h1-4H/q+1. The van der Waals surface area contributed by atoms with Gasteiger partial charge in [-0.05, 0) is 0 Å². The zero-order valence-electron chi connectivity index (χ0n) is 6.02. The molecule has 0 saturated heterocycles. The molecule has 0 aliphatic rings. The normalized spacial score (nSPS) is 9.23. The van der Waals surface area contributed by atoms with Crippen LogP contribution in [0.2, 0.25) is 0 Å². The second-order valence-electron chi connectivity index (χ2n) is 1.25. The quantitative estimate of drug-likeness (QED) is 0.252. The average molecular weight is 194 g/mol. The van der Waals surface area contributed by atoms with E-state index >= 15 is 0 Å². The summed E-state index contributed by atoms with van der Waals surface area (Å²) in [7, 11) is 0. The van der Waals surface area contributed by atoms with Gasteiger partial charge < -0.3 is 0 Å². The summed E-state index contributed by atoms with van der Waals surface area (Å²) in [5.74, 6) is 0. The van der Waals surface area contributed by atoms with Crippen LogP contribution in [-0.2, 0) is 38.5 Å². The van der Waals surface area contributed by atoms with E-state index < -0.39 is 5.14 Å². The molecule has 0 amide bonds. The molecule has 13 heavy (non-hydrogen) atoms. The van der Waals surface area contributed by atoms with Gasteiger partial charge in [-0.15, -0.1) is 19.4 Å². The number of hydrogen-bond acceptors (Lipinski definition) is 8. The SMILES string of the molecule is O=CO[N+](OC=O)(OC=O)OC=O. The van der Waals surface area contributed by atoms with Crippen molar-refractivity contribution in [2.45, 2.75) is 0 Å². The Balaban J connectivity index is 4.53. The van der Waals surface area contributed by atoms with Crippen molar-refractivity contribution in [2.75, 3.05) is 0 Å². The van der Waals surface area contributed by atoms with Gasteiger partial charge in [0.25, 0.3) is 0 Å². The van der Waals surface area contributed by atoms with Crippen molar-refractivity contribution in [3.8, 4) is 0 Å². The van der Waals surface area contributed by atoms with Gasteiger partial charge in [-0.3, -0.25) is 0 Å². The fourth-order valence-electron chi connectivity index (χ4n) is 0.360. The molecule has 0 aromatic carbocycles. The second kappa shape index (κ2) is 5.49. The third kappa shape index (κ3) is 3.16. The maximum absolute atomic E-state index is 9.82. The molecule has 0 atom stereocenters. The molecular weight excluding hydrogens is 190 g/mol. The minimum Gasteiger partial charge on any atom is -0.248 e. The molecule has 0 aromatic rings. The number of carbonyl (C=O) groups is 4. The zero-order chi connectivity index (χ0) is 10.2. The Hall–Kier alpha value is -2.16. The van der Waals surface area contributed by atoms with Crippen LogP contribution < -0.4 is 0 Å². The van der Waals surface area contributed by atoms with Crippen LogP contribution in [0.25, 0.3) is 0 Å².